The third-order valence-corrected chi connectivity index (χ3v) is 4.09. The predicted molar refractivity (Wildman–Crippen MR) is 89.2 cm³/mol. The van der Waals surface area contributed by atoms with E-state index in [0.29, 0.717) is 10.6 Å². The Hall–Kier alpha value is -2.36. The van der Waals surface area contributed by atoms with Crippen LogP contribution in [-0.4, -0.2) is 17.9 Å². The predicted octanol–water partition coefficient (Wildman–Crippen LogP) is 2.90. The van der Waals surface area contributed by atoms with Crippen LogP contribution in [0.25, 0.3) is 0 Å². The fourth-order valence-electron chi connectivity index (χ4n) is 1.84. The molecule has 1 aromatic heterocycles. The summed E-state index contributed by atoms with van der Waals surface area (Å²) in [6.45, 7) is 1.56. The molecule has 0 aliphatic heterocycles. The summed E-state index contributed by atoms with van der Waals surface area (Å²) in [5.41, 5.74) is 1.13. The first-order valence-corrected chi connectivity index (χ1v) is 8.12. The number of carbonyl (C=O) groups excluding carboxylic acids is 2. The van der Waals surface area contributed by atoms with E-state index in [1.54, 1.807) is 42.6 Å². The summed E-state index contributed by atoms with van der Waals surface area (Å²) < 4.78 is 0. The Morgan fingerprint density at radius 3 is 2.48 bits per heavy atom. The molecule has 23 heavy (non-hydrogen) atoms. The maximum atomic E-state index is 12.1. The zero-order valence-electron chi connectivity index (χ0n) is 12.2. The van der Waals surface area contributed by atoms with Gasteiger partial charge in [-0.15, -0.1) is 0 Å². The zero-order valence-corrected chi connectivity index (χ0v) is 13.8. The van der Waals surface area contributed by atoms with Crippen molar-refractivity contribution in [3.63, 3.8) is 0 Å². The molecule has 0 saturated carbocycles. The number of rotatable bonds is 5. The first-order valence-electron chi connectivity index (χ1n) is 6.80. The SMILES string of the molecule is C[C@H](NC(=O)c1ccc(Cl)cc1)C(=O)N[C@H](C#N)c1ccsc1. The molecule has 118 valence electrons. The average molecular weight is 348 g/mol. The van der Waals surface area contributed by atoms with Gasteiger partial charge in [-0.2, -0.15) is 16.6 Å². The van der Waals surface area contributed by atoms with Crippen LogP contribution in [0.3, 0.4) is 0 Å². The fraction of sp³-hybridized carbons (Fsp3) is 0.188. The number of thiophene rings is 1. The Labute approximate surface area is 142 Å². The highest BCUT2D eigenvalue weighted by Crippen LogP contribution is 2.15. The molecule has 0 saturated heterocycles. The molecule has 0 aliphatic carbocycles. The Kier molecular flexibility index (Phi) is 5.74. The standard InChI is InChI=1S/C16H14ClN3O2S/c1-10(19-16(22)11-2-4-13(17)5-3-11)15(21)20-14(8-18)12-6-7-23-9-12/h2-7,9-10,14H,1H3,(H,19,22)(H,20,21)/t10-,14+/m0/s1. The van der Waals surface area contributed by atoms with Crippen LogP contribution in [0.5, 0.6) is 0 Å². The van der Waals surface area contributed by atoms with Gasteiger partial charge in [0.1, 0.15) is 12.1 Å². The van der Waals surface area contributed by atoms with Gasteiger partial charge in [0.2, 0.25) is 5.91 Å². The van der Waals surface area contributed by atoms with Crippen molar-refractivity contribution in [1.29, 1.82) is 5.26 Å². The summed E-state index contributed by atoms with van der Waals surface area (Å²) in [5.74, 6) is -0.807. The molecule has 2 N–H and O–H groups in total. The van der Waals surface area contributed by atoms with Gasteiger partial charge in [0.15, 0.2) is 0 Å². The minimum absolute atomic E-state index is 0.381. The van der Waals surface area contributed by atoms with Gasteiger partial charge in [-0.3, -0.25) is 9.59 Å². The van der Waals surface area contributed by atoms with Gasteiger partial charge in [-0.25, -0.2) is 0 Å². The number of halogens is 1. The normalized spacial score (nSPS) is 12.7. The molecule has 0 spiro atoms. The minimum Gasteiger partial charge on any atom is -0.341 e. The van der Waals surface area contributed by atoms with Crippen molar-refractivity contribution in [3.05, 3.63) is 57.2 Å². The molecule has 2 atom stereocenters. The van der Waals surface area contributed by atoms with E-state index in [1.807, 2.05) is 11.4 Å². The summed E-state index contributed by atoms with van der Waals surface area (Å²) >= 11 is 7.21. The molecule has 1 heterocycles. The van der Waals surface area contributed by atoms with Gasteiger partial charge in [0.25, 0.3) is 5.91 Å². The lowest BCUT2D eigenvalue weighted by Gasteiger charge is -2.16. The number of hydrogen-bond donors (Lipinski definition) is 2. The monoisotopic (exact) mass is 347 g/mol. The van der Waals surface area contributed by atoms with E-state index in [1.165, 1.54) is 11.3 Å². The summed E-state index contributed by atoms with van der Waals surface area (Å²) in [5, 5.41) is 18.5. The second-order valence-corrected chi connectivity index (χ2v) is 6.05. The molecule has 0 aliphatic rings. The van der Waals surface area contributed by atoms with Gasteiger partial charge >= 0.3 is 0 Å². The first-order chi connectivity index (χ1) is 11.0. The van der Waals surface area contributed by atoms with Crippen molar-refractivity contribution < 1.29 is 9.59 Å². The molecule has 0 bridgehead atoms. The summed E-state index contributed by atoms with van der Waals surface area (Å²) in [6.07, 6.45) is 0. The molecule has 0 fully saturated rings. The molecule has 1 aromatic carbocycles. The Morgan fingerprint density at radius 1 is 1.22 bits per heavy atom. The van der Waals surface area contributed by atoms with E-state index in [-0.39, 0.29) is 5.91 Å². The van der Waals surface area contributed by atoms with Crippen molar-refractivity contribution in [2.24, 2.45) is 0 Å². The third-order valence-electron chi connectivity index (χ3n) is 3.14. The van der Waals surface area contributed by atoms with Gasteiger partial charge in [0, 0.05) is 10.6 Å². The van der Waals surface area contributed by atoms with E-state index in [2.05, 4.69) is 10.6 Å². The second-order valence-electron chi connectivity index (χ2n) is 4.83. The molecular weight excluding hydrogens is 334 g/mol. The topological polar surface area (TPSA) is 82.0 Å². The smallest absolute Gasteiger partial charge is 0.251 e. The molecule has 2 aromatic rings. The highest BCUT2D eigenvalue weighted by Gasteiger charge is 2.20. The lowest BCUT2D eigenvalue weighted by molar-refractivity contribution is -0.123. The van der Waals surface area contributed by atoms with Crippen molar-refractivity contribution in [2.75, 3.05) is 0 Å². The number of nitrogens with one attached hydrogen (secondary N) is 2. The van der Waals surface area contributed by atoms with Crippen LogP contribution < -0.4 is 10.6 Å². The van der Waals surface area contributed by atoms with Gasteiger partial charge in [-0.1, -0.05) is 11.6 Å². The maximum absolute atomic E-state index is 12.1. The van der Waals surface area contributed by atoms with Crippen molar-refractivity contribution in [3.8, 4) is 6.07 Å². The number of nitriles is 1. The third kappa shape index (κ3) is 4.55. The Morgan fingerprint density at radius 2 is 1.91 bits per heavy atom. The van der Waals surface area contributed by atoms with E-state index >= 15 is 0 Å². The highest BCUT2D eigenvalue weighted by molar-refractivity contribution is 7.08. The zero-order chi connectivity index (χ0) is 16.8. The fourth-order valence-corrected chi connectivity index (χ4v) is 2.66. The molecule has 2 amide bonds. The number of carbonyl (C=O) groups is 2. The first kappa shape index (κ1) is 17.0. The molecule has 0 radical (unpaired) electrons. The van der Waals surface area contributed by atoms with Crippen LogP contribution in [0.4, 0.5) is 0 Å². The van der Waals surface area contributed by atoms with Crippen LogP contribution >= 0.6 is 22.9 Å². The van der Waals surface area contributed by atoms with E-state index in [4.69, 9.17) is 16.9 Å². The number of hydrogen-bond acceptors (Lipinski definition) is 4. The van der Waals surface area contributed by atoms with Crippen molar-refractivity contribution >= 4 is 34.8 Å². The van der Waals surface area contributed by atoms with Crippen LogP contribution in [0.2, 0.25) is 5.02 Å². The lowest BCUT2D eigenvalue weighted by atomic mass is 10.1. The molecular formula is C16H14ClN3O2S. The number of benzene rings is 1. The van der Waals surface area contributed by atoms with Gasteiger partial charge < -0.3 is 10.6 Å². The van der Waals surface area contributed by atoms with E-state index < -0.39 is 18.0 Å². The summed E-state index contributed by atoms with van der Waals surface area (Å²) in [4.78, 5) is 24.2. The Balaban J connectivity index is 1.95. The molecule has 0 unspecified atom stereocenters. The molecule has 7 heteroatoms. The van der Waals surface area contributed by atoms with E-state index in [0.717, 1.165) is 5.56 Å². The van der Waals surface area contributed by atoms with Crippen LogP contribution in [0.15, 0.2) is 41.1 Å². The number of amides is 2. The van der Waals surface area contributed by atoms with Crippen molar-refractivity contribution in [1.82, 2.24) is 10.6 Å². The average Bonchev–Trinajstić information content (AvgIpc) is 3.07. The summed E-state index contributed by atoms with van der Waals surface area (Å²) in [6, 6.07) is 8.65. The van der Waals surface area contributed by atoms with E-state index in [9.17, 15) is 9.59 Å². The van der Waals surface area contributed by atoms with Gasteiger partial charge in [0.05, 0.1) is 6.07 Å². The van der Waals surface area contributed by atoms with Gasteiger partial charge in [-0.05, 0) is 53.6 Å². The molecule has 2 rings (SSSR count). The lowest BCUT2D eigenvalue weighted by Crippen LogP contribution is -2.45. The summed E-state index contributed by atoms with van der Waals surface area (Å²) in [7, 11) is 0. The quantitative estimate of drug-likeness (QED) is 0.872. The Bertz CT molecular complexity index is 723. The molecule has 5 nitrogen and oxygen atoms in total. The number of nitrogens with zero attached hydrogens (tertiary/aromatic N) is 1. The van der Waals surface area contributed by atoms with Crippen LogP contribution in [-0.2, 0) is 4.79 Å². The van der Waals surface area contributed by atoms with Crippen molar-refractivity contribution in [2.45, 2.75) is 19.0 Å². The van der Waals surface area contributed by atoms with Crippen LogP contribution in [0, 0.1) is 11.3 Å². The maximum Gasteiger partial charge on any atom is 0.251 e. The largest absolute Gasteiger partial charge is 0.341 e. The highest BCUT2D eigenvalue weighted by atomic mass is 35.5. The van der Waals surface area contributed by atoms with Crippen LogP contribution in [0.1, 0.15) is 28.9 Å². The minimum atomic E-state index is -0.771. The second kappa shape index (κ2) is 7.77.